The molecule has 2 atom stereocenters. The number of hydrogen-bond acceptors (Lipinski definition) is 12. The summed E-state index contributed by atoms with van der Waals surface area (Å²) in [4.78, 5) is 77.7. The second-order valence-corrected chi connectivity index (χ2v) is 8.89. The predicted octanol–water partition coefficient (Wildman–Crippen LogP) is 0.424. The van der Waals surface area contributed by atoms with Crippen LogP contribution in [0.25, 0.3) is 0 Å². The second kappa shape index (κ2) is 9.75. The van der Waals surface area contributed by atoms with Crippen LogP contribution in [0.4, 0.5) is 0 Å². The van der Waals surface area contributed by atoms with Crippen molar-refractivity contribution in [3.8, 4) is 0 Å². The van der Waals surface area contributed by atoms with Gasteiger partial charge in [0.15, 0.2) is 10.8 Å². The number of fused-ring (bicyclic) bond motifs is 3. The van der Waals surface area contributed by atoms with Crippen molar-refractivity contribution in [2.75, 3.05) is 42.7 Å². The zero-order valence-electron chi connectivity index (χ0n) is 20.9. The van der Waals surface area contributed by atoms with E-state index in [0.29, 0.717) is 0 Å². The van der Waals surface area contributed by atoms with Crippen molar-refractivity contribution in [2.45, 2.75) is 25.7 Å². The number of methoxy groups -OCH3 is 6. The van der Waals surface area contributed by atoms with Crippen molar-refractivity contribution in [2.24, 2.45) is 22.7 Å². The minimum Gasteiger partial charge on any atom is -0.468 e. The fourth-order valence-corrected chi connectivity index (χ4v) is 5.93. The molecule has 0 saturated heterocycles. The Kier molecular flexibility index (Phi) is 7.28. The van der Waals surface area contributed by atoms with Gasteiger partial charge in [-0.05, 0) is 48.7 Å². The molecule has 2 saturated carbocycles. The molecule has 0 amide bonds. The van der Waals surface area contributed by atoms with Gasteiger partial charge in [0.2, 0.25) is 0 Å². The fraction of sp³-hybridized carbons (Fsp3) is 0.583. The average Bonchev–Trinajstić information content (AvgIpc) is 3.50. The van der Waals surface area contributed by atoms with Gasteiger partial charge in [-0.15, -0.1) is 0 Å². The summed E-state index contributed by atoms with van der Waals surface area (Å²) >= 11 is 0. The highest BCUT2D eigenvalue weighted by molar-refractivity contribution is 6.11. The minimum atomic E-state index is -1.82. The zero-order valence-corrected chi connectivity index (χ0v) is 20.9. The van der Waals surface area contributed by atoms with Crippen LogP contribution < -0.4 is 0 Å². The van der Waals surface area contributed by atoms with Crippen molar-refractivity contribution in [3.05, 3.63) is 22.3 Å². The Morgan fingerprint density at radius 3 is 1.03 bits per heavy atom. The normalized spacial score (nSPS) is 23.2. The summed E-state index contributed by atoms with van der Waals surface area (Å²) < 4.78 is 29.6. The lowest BCUT2D eigenvalue weighted by atomic mass is 9.73. The third-order valence-electron chi connectivity index (χ3n) is 7.48. The van der Waals surface area contributed by atoms with Gasteiger partial charge in [0, 0.05) is 0 Å². The first-order valence-electron chi connectivity index (χ1n) is 11.0. The van der Waals surface area contributed by atoms with Crippen molar-refractivity contribution in [1.82, 2.24) is 0 Å². The van der Waals surface area contributed by atoms with Gasteiger partial charge in [0.05, 0.1) is 53.8 Å². The average molecular weight is 508 g/mol. The molecule has 3 aliphatic rings. The molecule has 0 radical (unpaired) electrons. The molecule has 0 bridgehead atoms. The van der Waals surface area contributed by atoms with E-state index in [1.54, 1.807) is 0 Å². The van der Waals surface area contributed by atoms with Crippen LogP contribution in [0.5, 0.6) is 0 Å². The number of rotatable bonds is 6. The molecule has 0 N–H and O–H groups in total. The highest BCUT2D eigenvalue weighted by atomic mass is 16.6. The first kappa shape index (κ1) is 26.9. The first-order valence-corrected chi connectivity index (χ1v) is 11.0. The molecule has 0 spiro atoms. The van der Waals surface area contributed by atoms with E-state index in [4.69, 9.17) is 28.4 Å². The van der Waals surface area contributed by atoms with E-state index in [1.165, 1.54) is 0 Å². The predicted molar refractivity (Wildman–Crippen MR) is 116 cm³/mol. The topological polar surface area (TPSA) is 158 Å². The van der Waals surface area contributed by atoms with Gasteiger partial charge in [0.1, 0.15) is 0 Å². The Balaban J connectivity index is 2.35. The quantitative estimate of drug-likeness (QED) is 0.277. The third kappa shape index (κ3) is 3.66. The maximum atomic E-state index is 13.0. The van der Waals surface area contributed by atoms with Crippen LogP contribution in [-0.2, 0) is 57.2 Å². The Hall–Kier alpha value is -3.70. The largest absolute Gasteiger partial charge is 0.468 e. The Morgan fingerprint density at radius 2 is 0.806 bits per heavy atom. The third-order valence-corrected chi connectivity index (χ3v) is 7.48. The summed E-state index contributed by atoms with van der Waals surface area (Å²) in [7, 11) is 6.68. The molecule has 0 unspecified atom stereocenters. The molecule has 3 rings (SSSR count). The summed E-state index contributed by atoms with van der Waals surface area (Å²) in [5.41, 5.74) is -3.45. The monoisotopic (exact) mass is 508 g/mol. The number of hydrogen-bond donors (Lipinski definition) is 0. The van der Waals surface area contributed by atoms with Crippen LogP contribution in [-0.4, -0.2) is 78.5 Å². The van der Waals surface area contributed by atoms with Crippen LogP contribution in [0, 0.1) is 22.7 Å². The number of carbonyl (C=O) groups excluding carboxylic acids is 6. The van der Waals surface area contributed by atoms with E-state index in [1.807, 2.05) is 0 Å². The lowest BCUT2D eigenvalue weighted by molar-refractivity contribution is -0.171. The molecule has 12 nitrogen and oxygen atoms in total. The SMILES string of the molecule is COC(=O)C1=C2CC(C(=O)OC)(C(=O)OC)C[C@H]2[C@@H]2CC(C(=O)OC)(C(=O)OC)CC2=C1C(=O)OC. The molecular weight excluding hydrogens is 480 g/mol. The Labute approximate surface area is 206 Å². The summed E-state index contributed by atoms with van der Waals surface area (Å²) in [6.45, 7) is 0. The lowest BCUT2D eigenvalue weighted by Crippen LogP contribution is -2.40. The molecule has 0 aromatic carbocycles. The van der Waals surface area contributed by atoms with E-state index in [2.05, 4.69) is 0 Å². The number of ether oxygens (including phenoxy) is 6. The number of esters is 6. The van der Waals surface area contributed by atoms with Crippen molar-refractivity contribution in [1.29, 1.82) is 0 Å². The second-order valence-electron chi connectivity index (χ2n) is 8.89. The van der Waals surface area contributed by atoms with Crippen LogP contribution in [0.1, 0.15) is 25.7 Å². The van der Waals surface area contributed by atoms with Gasteiger partial charge >= 0.3 is 35.8 Å². The van der Waals surface area contributed by atoms with Crippen molar-refractivity contribution >= 4 is 35.8 Å². The minimum absolute atomic E-state index is 0.150. The highest BCUT2D eigenvalue weighted by Crippen LogP contribution is 2.62. The summed E-state index contributed by atoms with van der Waals surface area (Å²) in [6.07, 6.45) is -0.892. The highest BCUT2D eigenvalue weighted by Gasteiger charge is 2.65. The maximum absolute atomic E-state index is 13.0. The maximum Gasteiger partial charge on any atom is 0.338 e. The van der Waals surface area contributed by atoms with Crippen LogP contribution in [0.15, 0.2) is 22.3 Å². The zero-order chi connectivity index (χ0) is 27.0. The van der Waals surface area contributed by atoms with Gasteiger partial charge in [-0.3, -0.25) is 19.2 Å². The lowest BCUT2D eigenvalue weighted by Gasteiger charge is -2.31. The Bertz CT molecular complexity index is 976. The molecular formula is C24H28O12. The smallest absolute Gasteiger partial charge is 0.338 e. The van der Waals surface area contributed by atoms with Crippen molar-refractivity contribution < 1.29 is 57.2 Å². The summed E-state index contributed by atoms with van der Waals surface area (Å²) in [5.74, 6) is -6.76. The summed E-state index contributed by atoms with van der Waals surface area (Å²) in [5, 5.41) is 0. The van der Waals surface area contributed by atoms with E-state index >= 15 is 0 Å². The fourth-order valence-electron chi connectivity index (χ4n) is 5.93. The van der Waals surface area contributed by atoms with E-state index < -0.39 is 58.5 Å². The molecule has 0 heterocycles. The van der Waals surface area contributed by atoms with Gasteiger partial charge in [-0.1, -0.05) is 0 Å². The van der Waals surface area contributed by atoms with Gasteiger partial charge in [-0.25, -0.2) is 9.59 Å². The molecule has 0 aromatic rings. The van der Waals surface area contributed by atoms with Gasteiger partial charge in [0.25, 0.3) is 0 Å². The summed E-state index contributed by atoms with van der Waals surface area (Å²) in [6, 6.07) is 0. The first-order chi connectivity index (χ1) is 17.0. The van der Waals surface area contributed by atoms with E-state index in [-0.39, 0.29) is 48.0 Å². The van der Waals surface area contributed by atoms with Crippen LogP contribution in [0.3, 0.4) is 0 Å². The van der Waals surface area contributed by atoms with E-state index in [0.717, 1.165) is 42.7 Å². The number of carbonyl (C=O) groups is 6. The van der Waals surface area contributed by atoms with E-state index in [9.17, 15) is 28.8 Å². The Morgan fingerprint density at radius 1 is 0.528 bits per heavy atom. The van der Waals surface area contributed by atoms with Gasteiger partial charge < -0.3 is 28.4 Å². The van der Waals surface area contributed by atoms with Crippen molar-refractivity contribution in [3.63, 3.8) is 0 Å². The molecule has 12 heteroatoms. The molecule has 0 aromatic heterocycles. The molecule has 36 heavy (non-hydrogen) atoms. The van der Waals surface area contributed by atoms with Crippen LogP contribution >= 0.6 is 0 Å². The van der Waals surface area contributed by atoms with Crippen LogP contribution in [0.2, 0.25) is 0 Å². The molecule has 2 fully saturated rings. The molecule has 3 aliphatic carbocycles. The molecule has 0 aliphatic heterocycles. The number of allylic oxidation sites excluding steroid dienone is 2. The molecule has 196 valence electrons. The van der Waals surface area contributed by atoms with Gasteiger partial charge in [-0.2, -0.15) is 0 Å². The standard InChI is InChI=1S/C24H28O12/c1-31-17(25)15-13-9-23(19(27)33-3,20(28)34-4)7-11(13)12-8-24(21(29)35-5,22(30)36-6)10-14(12)16(15)18(26)32-2/h11-12H,7-10H2,1-6H3/t11-,12-/m0/s1.